The zero-order valence-corrected chi connectivity index (χ0v) is 2.91. The molecule has 2 nitrogen and oxygen atoms in total. The summed E-state index contributed by atoms with van der Waals surface area (Å²) in [5.41, 5.74) is 0. The molecule has 0 heterocycles. The Kier molecular flexibility index (Phi) is 44.2. The Balaban J connectivity index is 0. The molecule has 0 aromatic rings. The highest BCUT2D eigenvalue weighted by molar-refractivity contribution is 5.75. The van der Waals surface area contributed by atoms with Crippen LogP contribution in [0.1, 0.15) is 0 Å². The normalized spacial score (nSPS) is 2.00. The Bertz CT molecular complexity index is 29.0. The zero-order valence-electron chi connectivity index (χ0n) is 1.91. The lowest BCUT2D eigenvalue weighted by atomic mass is 11.7. The van der Waals surface area contributed by atoms with Gasteiger partial charge in [-0.25, -0.2) is 10.2 Å². The molecule has 1 N–H and O–H groups in total. The Hall–Kier alpha value is -0.403. The molecular weight excluding hydrogens is 70.1 g/mol. The molecule has 4 radical (unpaired) electrons. The average molecular weight is 71.1 g/mol. The number of hydrogen-bond donors (Lipinski definition) is 1. The van der Waals surface area contributed by atoms with Crippen LogP contribution in [0.25, 0.3) is 0 Å². The van der Waals surface area contributed by atoms with E-state index in [4.69, 9.17) is 10.2 Å². The van der Waals surface area contributed by atoms with Crippen LogP contribution in [0.4, 0.5) is 0 Å². The molecule has 0 saturated carbocycles. The fourth-order valence-electron chi connectivity index (χ4n) is 0. The summed E-state index contributed by atoms with van der Waals surface area (Å²) in [6, 6.07) is 0. The van der Waals surface area contributed by atoms with Gasteiger partial charge < -0.3 is 0 Å². The monoisotopic (exact) mass is 71.0 g/mol. The van der Waals surface area contributed by atoms with Crippen molar-refractivity contribution < 1.29 is 4.79 Å². The number of rotatable bonds is 0. The number of nitrogens with one attached hydrogen (secondary N) is 1. The minimum atomic E-state index is 0. The van der Waals surface area contributed by atoms with E-state index in [0.717, 1.165) is 6.08 Å². The number of isocyanates is 1. The van der Waals surface area contributed by atoms with Crippen molar-refractivity contribution in [3.8, 4) is 0 Å². The highest BCUT2D eigenvalue weighted by Crippen LogP contribution is 0.868. The SMILES string of the molecule is N=C=O.[Si]. The van der Waals surface area contributed by atoms with Crippen molar-refractivity contribution in [2.24, 2.45) is 0 Å². The molecule has 20 valence electrons. The van der Waals surface area contributed by atoms with E-state index in [1.807, 2.05) is 0 Å². The predicted molar refractivity (Wildman–Crippen MR) is 14.2 cm³/mol. The van der Waals surface area contributed by atoms with Gasteiger partial charge >= 0.3 is 0 Å². The fraction of sp³-hybridized carbons (Fsp3) is 0. The first-order valence-electron chi connectivity index (χ1n) is 0.454. The molecule has 0 aliphatic rings. The van der Waals surface area contributed by atoms with E-state index in [0.29, 0.717) is 0 Å². The molecule has 0 aromatic heterocycles. The van der Waals surface area contributed by atoms with Crippen LogP contribution < -0.4 is 0 Å². The van der Waals surface area contributed by atoms with Crippen LogP contribution in [0, 0.1) is 5.41 Å². The summed E-state index contributed by atoms with van der Waals surface area (Å²) < 4.78 is 0. The average Bonchev–Trinajstić information content (AvgIpc) is 0.918. The van der Waals surface area contributed by atoms with E-state index < -0.39 is 0 Å². The van der Waals surface area contributed by atoms with Crippen molar-refractivity contribution in [1.82, 2.24) is 0 Å². The van der Waals surface area contributed by atoms with Gasteiger partial charge in [-0.15, -0.1) is 0 Å². The minimum absolute atomic E-state index is 0. The molecule has 0 bridgehead atoms. The molecule has 0 saturated heterocycles. The maximum absolute atomic E-state index is 8.35. The van der Waals surface area contributed by atoms with Crippen molar-refractivity contribution >= 4 is 17.0 Å². The van der Waals surface area contributed by atoms with Crippen LogP contribution in [0.15, 0.2) is 0 Å². The summed E-state index contributed by atoms with van der Waals surface area (Å²) in [4.78, 5) is 8.35. The smallest absolute Gasteiger partial charge is 0.222 e. The summed E-state index contributed by atoms with van der Waals surface area (Å²) in [6.07, 6.45) is 0.750. The maximum atomic E-state index is 8.35. The predicted octanol–water partition coefficient (Wildman–Crippen LogP) is -0.480. The third-order valence-corrected chi connectivity index (χ3v) is 0. The topological polar surface area (TPSA) is 40.9 Å². The van der Waals surface area contributed by atoms with E-state index in [9.17, 15) is 0 Å². The lowest BCUT2D eigenvalue weighted by Crippen LogP contribution is -1.16. The van der Waals surface area contributed by atoms with Gasteiger partial charge in [0.25, 0.3) is 0 Å². The second-order valence-corrected chi connectivity index (χ2v) is 0.102. The van der Waals surface area contributed by atoms with Crippen LogP contribution in [-0.2, 0) is 4.79 Å². The van der Waals surface area contributed by atoms with Crippen molar-refractivity contribution in [3.05, 3.63) is 0 Å². The molecule has 0 fully saturated rings. The minimum Gasteiger partial charge on any atom is -0.222 e. The third-order valence-electron chi connectivity index (χ3n) is 0. The van der Waals surface area contributed by atoms with Gasteiger partial charge in [-0.1, -0.05) is 0 Å². The summed E-state index contributed by atoms with van der Waals surface area (Å²) in [5, 5.41) is 5.40. The Labute approximate surface area is 28.4 Å². The summed E-state index contributed by atoms with van der Waals surface area (Å²) in [6.45, 7) is 0. The van der Waals surface area contributed by atoms with Gasteiger partial charge in [0.1, 0.15) is 0 Å². The van der Waals surface area contributed by atoms with E-state index in [1.54, 1.807) is 0 Å². The Morgan fingerprint density at radius 1 is 1.75 bits per heavy atom. The number of hydrogen-bond acceptors (Lipinski definition) is 2. The molecule has 0 spiro atoms. The first kappa shape index (κ1) is 9.51. The molecule has 0 unspecified atom stereocenters. The Morgan fingerprint density at radius 3 is 1.75 bits per heavy atom. The van der Waals surface area contributed by atoms with Crippen molar-refractivity contribution in [2.45, 2.75) is 0 Å². The quantitative estimate of drug-likeness (QED) is 0.234. The molecule has 0 aromatic carbocycles. The molecule has 0 amide bonds. The maximum Gasteiger partial charge on any atom is 0.231 e. The standard InChI is InChI=1S/CHNO.Si/c2-1-3;/h2H;. The van der Waals surface area contributed by atoms with E-state index in [1.165, 1.54) is 0 Å². The second-order valence-electron chi connectivity index (χ2n) is 0.102. The lowest BCUT2D eigenvalue weighted by molar-refractivity contribution is 0.563. The van der Waals surface area contributed by atoms with Crippen molar-refractivity contribution in [3.63, 3.8) is 0 Å². The van der Waals surface area contributed by atoms with Crippen molar-refractivity contribution in [1.29, 1.82) is 5.41 Å². The summed E-state index contributed by atoms with van der Waals surface area (Å²) in [5.74, 6) is 0. The summed E-state index contributed by atoms with van der Waals surface area (Å²) >= 11 is 0. The number of carbonyl (C=O) groups excluding carboxylic acids is 1. The molecule has 4 heavy (non-hydrogen) atoms. The van der Waals surface area contributed by atoms with Gasteiger partial charge in [0, 0.05) is 11.0 Å². The third kappa shape index (κ3) is 3.50. The first-order chi connectivity index (χ1) is 1.41. The largest absolute Gasteiger partial charge is 0.231 e. The van der Waals surface area contributed by atoms with Crippen LogP contribution in [-0.4, -0.2) is 17.0 Å². The van der Waals surface area contributed by atoms with Crippen LogP contribution in [0.2, 0.25) is 0 Å². The zero-order chi connectivity index (χ0) is 2.71. The Morgan fingerprint density at radius 2 is 1.75 bits per heavy atom. The van der Waals surface area contributed by atoms with E-state index in [-0.39, 0.29) is 11.0 Å². The van der Waals surface area contributed by atoms with Gasteiger partial charge in [-0.05, 0) is 0 Å². The molecule has 0 aliphatic carbocycles. The van der Waals surface area contributed by atoms with Gasteiger partial charge in [0.15, 0.2) is 0 Å². The molecule has 0 aliphatic heterocycles. The highest BCUT2D eigenvalue weighted by Gasteiger charge is 1.03. The fourth-order valence-corrected chi connectivity index (χ4v) is 0. The van der Waals surface area contributed by atoms with Crippen LogP contribution in [0.3, 0.4) is 0 Å². The molecular formula is CHNOSi. The van der Waals surface area contributed by atoms with Gasteiger partial charge in [-0.3, -0.25) is 0 Å². The molecule has 0 atom stereocenters. The van der Waals surface area contributed by atoms with Gasteiger partial charge in [-0.2, -0.15) is 0 Å². The second kappa shape index (κ2) is 18.6. The highest BCUT2D eigenvalue weighted by atomic mass is 28.1. The first-order valence-corrected chi connectivity index (χ1v) is 0.454. The molecule has 0 rings (SSSR count). The lowest BCUT2D eigenvalue weighted by Gasteiger charge is -1.02. The van der Waals surface area contributed by atoms with Gasteiger partial charge in [0.2, 0.25) is 6.08 Å². The van der Waals surface area contributed by atoms with Gasteiger partial charge in [0.05, 0.1) is 0 Å². The van der Waals surface area contributed by atoms with Crippen molar-refractivity contribution in [2.75, 3.05) is 0 Å². The molecule has 3 heteroatoms. The summed E-state index contributed by atoms with van der Waals surface area (Å²) in [7, 11) is 0. The van der Waals surface area contributed by atoms with E-state index >= 15 is 0 Å². The van der Waals surface area contributed by atoms with E-state index in [2.05, 4.69) is 0 Å². The van der Waals surface area contributed by atoms with Crippen LogP contribution in [0.5, 0.6) is 0 Å². The van der Waals surface area contributed by atoms with Crippen LogP contribution >= 0.6 is 0 Å².